The van der Waals surface area contributed by atoms with Crippen LogP contribution in [-0.2, 0) is 0 Å². The summed E-state index contributed by atoms with van der Waals surface area (Å²) in [6.07, 6.45) is 0. The summed E-state index contributed by atoms with van der Waals surface area (Å²) in [5, 5.41) is 7.02. The van der Waals surface area contributed by atoms with Crippen LogP contribution in [0.4, 0.5) is 20.4 Å². The number of hydrogen-bond donors (Lipinski definition) is 2. The van der Waals surface area contributed by atoms with Gasteiger partial charge in [-0.15, -0.1) is 0 Å². The van der Waals surface area contributed by atoms with Crippen LogP contribution < -0.4 is 16.0 Å². The van der Waals surface area contributed by atoms with Gasteiger partial charge < -0.3 is 20.5 Å². The average Bonchev–Trinajstić information content (AvgIpc) is 2.95. The van der Waals surface area contributed by atoms with Gasteiger partial charge in [0.05, 0.1) is 5.56 Å². The van der Waals surface area contributed by atoms with Crippen LogP contribution >= 0.6 is 0 Å². The molecule has 0 aliphatic carbocycles. The normalized spacial score (nSPS) is 15.6. The number of halogens is 2. The monoisotopic (exact) mass is 281 g/mol. The molecule has 2 aromatic rings. The van der Waals surface area contributed by atoms with Gasteiger partial charge in [0.1, 0.15) is 11.5 Å². The first-order valence-electron chi connectivity index (χ1n) is 6.20. The summed E-state index contributed by atoms with van der Waals surface area (Å²) in [6.45, 7) is 3.13. The summed E-state index contributed by atoms with van der Waals surface area (Å²) >= 11 is 0. The molecule has 1 aromatic carbocycles. The van der Waals surface area contributed by atoms with Crippen LogP contribution in [0.25, 0.3) is 11.5 Å². The predicted octanol–water partition coefficient (Wildman–Crippen LogP) is 1.01. The Morgan fingerprint density at radius 3 is 2.75 bits per heavy atom. The summed E-state index contributed by atoms with van der Waals surface area (Å²) in [5.74, 6) is -1.32. The molecule has 1 fully saturated rings. The molecule has 3 rings (SSSR count). The molecule has 6 nitrogen and oxygen atoms in total. The van der Waals surface area contributed by atoms with Crippen LogP contribution in [0.2, 0.25) is 0 Å². The topological polar surface area (TPSA) is 80.2 Å². The molecule has 0 bridgehead atoms. The van der Waals surface area contributed by atoms with Gasteiger partial charge in [-0.3, -0.25) is 0 Å². The van der Waals surface area contributed by atoms with Crippen molar-refractivity contribution in [2.24, 2.45) is 0 Å². The minimum absolute atomic E-state index is 0.00205. The van der Waals surface area contributed by atoms with Gasteiger partial charge in [-0.2, -0.15) is 4.98 Å². The fourth-order valence-corrected chi connectivity index (χ4v) is 2.05. The zero-order chi connectivity index (χ0) is 14.1. The Bertz CT molecular complexity index is 624. The summed E-state index contributed by atoms with van der Waals surface area (Å²) in [5.41, 5.74) is 4.76. The maximum atomic E-state index is 13.9. The first-order chi connectivity index (χ1) is 9.66. The molecule has 0 amide bonds. The molecule has 20 heavy (non-hydrogen) atoms. The van der Waals surface area contributed by atoms with Gasteiger partial charge >= 0.3 is 0 Å². The second-order valence-electron chi connectivity index (χ2n) is 4.46. The predicted molar refractivity (Wildman–Crippen MR) is 69.1 cm³/mol. The second-order valence-corrected chi connectivity index (χ2v) is 4.46. The Morgan fingerprint density at radius 2 is 2.00 bits per heavy atom. The van der Waals surface area contributed by atoms with E-state index in [2.05, 4.69) is 15.5 Å². The molecule has 1 saturated heterocycles. The molecular formula is C12H13F2N5O. The van der Waals surface area contributed by atoms with Crippen molar-refractivity contribution in [3.63, 3.8) is 0 Å². The van der Waals surface area contributed by atoms with E-state index in [0.717, 1.165) is 32.2 Å². The molecule has 0 radical (unpaired) electrons. The van der Waals surface area contributed by atoms with Gasteiger partial charge in [0.15, 0.2) is 5.82 Å². The zero-order valence-corrected chi connectivity index (χ0v) is 10.6. The van der Waals surface area contributed by atoms with Crippen LogP contribution in [0.1, 0.15) is 0 Å². The van der Waals surface area contributed by atoms with Crippen LogP contribution in [0.5, 0.6) is 0 Å². The van der Waals surface area contributed by atoms with Crippen LogP contribution in [-0.4, -0.2) is 36.3 Å². The number of nitrogen functional groups attached to an aromatic ring is 1. The zero-order valence-electron chi connectivity index (χ0n) is 10.6. The first-order valence-corrected chi connectivity index (χ1v) is 6.20. The molecule has 8 heteroatoms. The van der Waals surface area contributed by atoms with E-state index in [1.54, 1.807) is 0 Å². The van der Waals surface area contributed by atoms with Crippen LogP contribution in [0.15, 0.2) is 16.7 Å². The Hall–Kier alpha value is -2.22. The average molecular weight is 281 g/mol. The smallest absolute Gasteiger partial charge is 0.266 e. The summed E-state index contributed by atoms with van der Waals surface area (Å²) in [7, 11) is 0. The van der Waals surface area contributed by atoms with E-state index >= 15 is 0 Å². The van der Waals surface area contributed by atoms with E-state index < -0.39 is 17.3 Å². The third-order valence-electron chi connectivity index (χ3n) is 3.17. The SMILES string of the molecule is Nc1c(F)ccc(-c2nc(N3CCNCC3)no2)c1F. The lowest BCUT2D eigenvalue weighted by molar-refractivity contribution is 0.424. The molecule has 106 valence electrons. The lowest BCUT2D eigenvalue weighted by atomic mass is 10.2. The highest BCUT2D eigenvalue weighted by Gasteiger charge is 2.20. The molecule has 0 atom stereocenters. The van der Waals surface area contributed by atoms with E-state index in [9.17, 15) is 8.78 Å². The fourth-order valence-electron chi connectivity index (χ4n) is 2.05. The van der Waals surface area contributed by atoms with Crippen LogP contribution in [0, 0.1) is 11.6 Å². The number of nitrogens with two attached hydrogens (primary N) is 1. The van der Waals surface area contributed by atoms with Crippen molar-refractivity contribution < 1.29 is 13.3 Å². The van der Waals surface area contributed by atoms with Crippen LogP contribution in [0.3, 0.4) is 0 Å². The van der Waals surface area contributed by atoms with Gasteiger partial charge in [0.2, 0.25) is 0 Å². The van der Waals surface area contributed by atoms with Crippen molar-refractivity contribution in [3.8, 4) is 11.5 Å². The number of nitrogens with one attached hydrogen (secondary N) is 1. The Balaban J connectivity index is 1.92. The van der Waals surface area contributed by atoms with Crippen molar-refractivity contribution in [2.75, 3.05) is 36.8 Å². The van der Waals surface area contributed by atoms with Gasteiger partial charge in [0.25, 0.3) is 11.8 Å². The molecule has 1 aromatic heterocycles. The standard InChI is InChI=1S/C12H13F2N5O/c13-8-2-1-7(9(14)10(8)15)11-17-12(18-20-11)19-5-3-16-4-6-19/h1-2,16H,3-6,15H2. The highest BCUT2D eigenvalue weighted by atomic mass is 19.1. The maximum absolute atomic E-state index is 13.9. The summed E-state index contributed by atoms with van der Waals surface area (Å²) in [6, 6.07) is 2.30. The minimum Gasteiger partial charge on any atom is -0.394 e. The number of rotatable bonds is 2. The summed E-state index contributed by atoms with van der Waals surface area (Å²) < 4.78 is 32.0. The largest absolute Gasteiger partial charge is 0.394 e. The van der Waals surface area contributed by atoms with Crippen molar-refractivity contribution >= 4 is 11.6 Å². The van der Waals surface area contributed by atoms with E-state index in [1.165, 1.54) is 6.07 Å². The lowest BCUT2D eigenvalue weighted by Crippen LogP contribution is -2.44. The lowest BCUT2D eigenvalue weighted by Gasteiger charge is -2.25. The van der Waals surface area contributed by atoms with Crippen molar-refractivity contribution in [3.05, 3.63) is 23.8 Å². The number of nitrogens with zero attached hydrogens (tertiary/aromatic N) is 3. The quantitative estimate of drug-likeness (QED) is 0.800. The van der Waals surface area contributed by atoms with E-state index in [-0.39, 0.29) is 11.5 Å². The molecule has 0 spiro atoms. The first kappa shape index (κ1) is 12.8. The summed E-state index contributed by atoms with van der Waals surface area (Å²) in [4.78, 5) is 6.06. The third-order valence-corrected chi connectivity index (χ3v) is 3.17. The number of anilines is 2. The number of benzene rings is 1. The van der Waals surface area contributed by atoms with E-state index in [4.69, 9.17) is 10.3 Å². The fraction of sp³-hybridized carbons (Fsp3) is 0.333. The van der Waals surface area contributed by atoms with Gasteiger partial charge in [-0.05, 0) is 17.3 Å². The Morgan fingerprint density at radius 1 is 1.25 bits per heavy atom. The van der Waals surface area contributed by atoms with Gasteiger partial charge in [-0.25, -0.2) is 8.78 Å². The van der Waals surface area contributed by atoms with E-state index in [1.807, 2.05) is 4.90 Å². The van der Waals surface area contributed by atoms with Gasteiger partial charge in [-0.1, -0.05) is 0 Å². The molecular weight excluding hydrogens is 268 g/mol. The number of aromatic nitrogens is 2. The van der Waals surface area contributed by atoms with E-state index in [0.29, 0.717) is 5.95 Å². The highest BCUT2D eigenvalue weighted by Crippen LogP contribution is 2.28. The van der Waals surface area contributed by atoms with Gasteiger partial charge in [0, 0.05) is 26.2 Å². The van der Waals surface area contributed by atoms with Crippen molar-refractivity contribution in [1.82, 2.24) is 15.5 Å². The molecule has 2 heterocycles. The van der Waals surface area contributed by atoms with Crippen molar-refractivity contribution in [2.45, 2.75) is 0 Å². The molecule has 0 saturated carbocycles. The second kappa shape index (κ2) is 5.04. The molecule has 3 N–H and O–H groups in total. The molecule has 1 aliphatic heterocycles. The highest BCUT2D eigenvalue weighted by molar-refractivity contribution is 5.62. The maximum Gasteiger partial charge on any atom is 0.266 e. The molecule has 0 unspecified atom stereocenters. The third kappa shape index (κ3) is 2.18. The Labute approximate surface area is 113 Å². The number of hydrogen-bond acceptors (Lipinski definition) is 6. The molecule has 1 aliphatic rings. The minimum atomic E-state index is -0.888. The van der Waals surface area contributed by atoms with Crippen molar-refractivity contribution in [1.29, 1.82) is 0 Å². The Kier molecular flexibility index (Phi) is 3.23. The number of piperazine rings is 1.